The van der Waals surface area contributed by atoms with Crippen LogP contribution in [0.1, 0.15) is 6.42 Å². The first-order chi connectivity index (χ1) is 10.7. The molecule has 0 amide bonds. The normalized spacial score (nSPS) is 12.5. The Morgan fingerprint density at radius 2 is 2.27 bits per heavy atom. The average Bonchev–Trinajstić information content (AvgIpc) is 2.97. The molecule has 0 aromatic carbocycles. The number of aromatic nitrogens is 4. The molecule has 3 heterocycles. The molecular formula is C13H13N7O2. The van der Waals surface area contributed by atoms with Crippen LogP contribution in [0.15, 0.2) is 29.8 Å². The van der Waals surface area contributed by atoms with E-state index in [4.69, 9.17) is 10.6 Å². The lowest BCUT2D eigenvalue weighted by Crippen LogP contribution is -2.14. The van der Waals surface area contributed by atoms with Gasteiger partial charge in [0.1, 0.15) is 5.52 Å². The molecule has 0 aliphatic heterocycles. The predicted molar refractivity (Wildman–Crippen MR) is 79.3 cm³/mol. The molecule has 3 aromatic heterocycles. The summed E-state index contributed by atoms with van der Waals surface area (Å²) in [6.45, 7) is 0.169. The smallest absolute Gasteiger partial charge is 0.161 e. The molecule has 0 spiro atoms. The summed E-state index contributed by atoms with van der Waals surface area (Å²) in [6.07, 6.45) is 2.79. The van der Waals surface area contributed by atoms with Crippen LogP contribution >= 0.6 is 0 Å². The molecule has 0 fully saturated rings. The number of hydrogen-bond donors (Lipinski definition) is 2. The first-order valence-electron chi connectivity index (χ1n) is 6.68. The van der Waals surface area contributed by atoms with E-state index in [1.54, 1.807) is 18.6 Å². The zero-order valence-corrected chi connectivity index (χ0v) is 11.5. The Morgan fingerprint density at radius 3 is 3.05 bits per heavy atom. The van der Waals surface area contributed by atoms with Crippen LogP contribution < -0.4 is 0 Å². The van der Waals surface area contributed by atoms with E-state index in [1.807, 2.05) is 10.6 Å². The highest BCUT2D eigenvalue weighted by Gasteiger charge is 2.14. The Hall–Kier alpha value is -2.74. The minimum atomic E-state index is -0.791. The highest BCUT2D eigenvalue weighted by Crippen LogP contribution is 2.29. The molecule has 0 bridgehead atoms. The second kappa shape index (κ2) is 5.94. The molecule has 0 saturated carbocycles. The molecule has 0 aliphatic carbocycles. The molecule has 1 atom stereocenters. The highest BCUT2D eigenvalue weighted by atomic mass is 16.3. The Balaban J connectivity index is 2.20. The SMILES string of the molecule is [N-]=[N+]=Nc1nc2ncccc2c2c1ncn2CCC(O)CO. The molecule has 112 valence electrons. The summed E-state index contributed by atoms with van der Waals surface area (Å²) in [5.41, 5.74) is 10.4. The van der Waals surface area contributed by atoms with Gasteiger partial charge in [-0.2, -0.15) is 0 Å². The van der Waals surface area contributed by atoms with E-state index in [2.05, 4.69) is 25.0 Å². The van der Waals surface area contributed by atoms with Crippen molar-refractivity contribution in [2.24, 2.45) is 5.11 Å². The van der Waals surface area contributed by atoms with Gasteiger partial charge in [-0.25, -0.2) is 15.0 Å². The van der Waals surface area contributed by atoms with Gasteiger partial charge in [0.25, 0.3) is 0 Å². The molecule has 2 N–H and O–H groups in total. The van der Waals surface area contributed by atoms with Crippen LogP contribution in [-0.4, -0.2) is 42.4 Å². The number of hydrogen-bond acceptors (Lipinski definition) is 6. The fourth-order valence-corrected chi connectivity index (χ4v) is 2.31. The minimum absolute atomic E-state index is 0.171. The third-order valence-corrected chi connectivity index (χ3v) is 3.36. The maximum absolute atomic E-state index is 9.51. The summed E-state index contributed by atoms with van der Waals surface area (Å²) in [5.74, 6) is 0.171. The Kier molecular flexibility index (Phi) is 3.84. The summed E-state index contributed by atoms with van der Waals surface area (Å²) in [5, 5.41) is 22.8. The molecule has 3 rings (SSSR count). The van der Waals surface area contributed by atoms with Gasteiger partial charge in [0.2, 0.25) is 0 Å². The van der Waals surface area contributed by atoms with Gasteiger partial charge in [-0.05, 0) is 29.2 Å². The molecule has 1 unspecified atom stereocenters. The number of aryl methyl sites for hydroxylation is 1. The van der Waals surface area contributed by atoms with E-state index in [0.717, 1.165) is 10.9 Å². The van der Waals surface area contributed by atoms with Crippen LogP contribution in [0, 0.1) is 0 Å². The van der Waals surface area contributed by atoms with Gasteiger partial charge in [0, 0.05) is 23.0 Å². The monoisotopic (exact) mass is 299 g/mol. The van der Waals surface area contributed by atoms with Crippen molar-refractivity contribution in [2.45, 2.75) is 19.1 Å². The molecule has 3 aromatic rings. The van der Waals surface area contributed by atoms with Crippen LogP contribution in [0.3, 0.4) is 0 Å². The number of pyridine rings is 2. The van der Waals surface area contributed by atoms with Crippen LogP contribution in [0.4, 0.5) is 5.82 Å². The van der Waals surface area contributed by atoms with Crippen LogP contribution in [-0.2, 0) is 6.54 Å². The second-order valence-electron chi connectivity index (χ2n) is 4.76. The first-order valence-corrected chi connectivity index (χ1v) is 6.68. The maximum atomic E-state index is 9.51. The van der Waals surface area contributed by atoms with Crippen LogP contribution in [0.2, 0.25) is 0 Å². The summed E-state index contributed by atoms with van der Waals surface area (Å²) < 4.78 is 1.83. The lowest BCUT2D eigenvalue weighted by Gasteiger charge is -2.09. The van der Waals surface area contributed by atoms with Gasteiger partial charge in [-0.1, -0.05) is 0 Å². The second-order valence-corrected chi connectivity index (χ2v) is 4.76. The van der Waals surface area contributed by atoms with Crippen molar-refractivity contribution < 1.29 is 10.2 Å². The molecule has 22 heavy (non-hydrogen) atoms. The predicted octanol–water partition coefficient (Wildman–Crippen LogP) is 1.66. The lowest BCUT2D eigenvalue weighted by molar-refractivity contribution is 0.0849. The van der Waals surface area contributed by atoms with Gasteiger partial charge < -0.3 is 14.8 Å². The summed E-state index contributed by atoms with van der Waals surface area (Å²) >= 11 is 0. The van der Waals surface area contributed by atoms with Gasteiger partial charge in [-0.3, -0.25) is 0 Å². The number of azide groups is 1. The number of nitrogens with zero attached hydrogens (tertiary/aromatic N) is 7. The van der Waals surface area contributed by atoms with Gasteiger partial charge in [0.15, 0.2) is 11.5 Å². The fraction of sp³-hybridized carbons (Fsp3) is 0.308. The van der Waals surface area contributed by atoms with E-state index < -0.39 is 6.10 Å². The maximum Gasteiger partial charge on any atom is 0.161 e. The summed E-state index contributed by atoms with van der Waals surface area (Å²) in [6, 6.07) is 3.65. The third-order valence-electron chi connectivity index (χ3n) is 3.36. The molecule has 0 saturated heterocycles. The largest absolute Gasteiger partial charge is 0.394 e. The van der Waals surface area contributed by atoms with E-state index in [9.17, 15) is 5.11 Å². The van der Waals surface area contributed by atoms with Crippen molar-refractivity contribution in [3.63, 3.8) is 0 Å². The average molecular weight is 299 g/mol. The highest BCUT2D eigenvalue weighted by molar-refractivity contribution is 6.04. The molecular weight excluding hydrogens is 286 g/mol. The number of aliphatic hydroxyl groups excluding tert-OH is 2. The summed E-state index contributed by atoms with van der Waals surface area (Å²) in [7, 11) is 0. The summed E-state index contributed by atoms with van der Waals surface area (Å²) in [4.78, 5) is 15.4. The number of rotatable bonds is 5. The first kappa shape index (κ1) is 14.2. The zero-order chi connectivity index (χ0) is 15.5. The molecule has 0 aliphatic rings. The molecule has 9 heteroatoms. The molecule has 0 radical (unpaired) electrons. The zero-order valence-electron chi connectivity index (χ0n) is 11.5. The molecule has 9 nitrogen and oxygen atoms in total. The van der Waals surface area contributed by atoms with E-state index in [0.29, 0.717) is 24.1 Å². The van der Waals surface area contributed by atoms with Crippen molar-refractivity contribution in [1.82, 2.24) is 19.5 Å². The quantitative estimate of drug-likeness (QED) is 0.420. The van der Waals surface area contributed by atoms with Gasteiger partial charge in [0.05, 0.1) is 24.6 Å². The van der Waals surface area contributed by atoms with Crippen molar-refractivity contribution in [1.29, 1.82) is 0 Å². The van der Waals surface area contributed by atoms with Crippen molar-refractivity contribution >= 4 is 27.9 Å². The number of fused-ring (bicyclic) bond motifs is 3. The van der Waals surface area contributed by atoms with Crippen LogP contribution in [0.25, 0.3) is 32.5 Å². The van der Waals surface area contributed by atoms with E-state index in [1.165, 1.54) is 0 Å². The third kappa shape index (κ3) is 2.44. The van der Waals surface area contributed by atoms with Crippen molar-refractivity contribution in [3.8, 4) is 0 Å². The Labute approximate surface area is 124 Å². The van der Waals surface area contributed by atoms with Crippen LogP contribution in [0.5, 0.6) is 0 Å². The number of imidazole rings is 1. The Bertz CT molecular complexity index is 869. The van der Waals surface area contributed by atoms with E-state index >= 15 is 0 Å². The topological polar surface area (TPSA) is 133 Å². The van der Waals surface area contributed by atoms with Crippen molar-refractivity contribution in [2.75, 3.05) is 6.61 Å². The van der Waals surface area contributed by atoms with Gasteiger partial charge in [-0.15, -0.1) is 0 Å². The minimum Gasteiger partial charge on any atom is -0.394 e. The number of aliphatic hydroxyl groups is 2. The fourth-order valence-electron chi connectivity index (χ4n) is 2.31. The Morgan fingerprint density at radius 1 is 1.41 bits per heavy atom. The van der Waals surface area contributed by atoms with Crippen molar-refractivity contribution in [3.05, 3.63) is 35.1 Å². The lowest BCUT2D eigenvalue weighted by atomic mass is 10.2. The van der Waals surface area contributed by atoms with Gasteiger partial charge >= 0.3 is 0 Å². The standard InChI is InChI=1S/C13H13N7O2/c14-19-18-13-10-11(9-2-1-4-15-12(9)17-13)20(7-16-10)5-3-8(22)6-21/h1-2,4,7-8,21-22H,3,5-6H2. The van der Waals surface area contributed by atoms with E-state index in [-0.39, 0.29) is 12.4 Å².